The summed E-state index contributed by atoms with van der Waals surface area (Å²) in [6, 6.07) is 0. The number of amides is 1. The fourth-order valence-corrected chi connectivity index (χ4v) is 2.05. The number of nitrogens with zero attached hydrogens (tertiary/aromatic N) is 1. The summed E-state index contributed by atoms with van der Waals surface area (Å²) in [5.74, 6) is -0.456. The zero-order valence-electron chi connectivity index (χ0n) is 6.46. The lowest BCUT2D eigenvalue weighted by Crippen LogP contribution is -2.20. The first-order valence-electron chi connectivity index (χ1n) is 3.34. The van der Waals surface area contributed by atoms with Gasteiger partial charge < -0.3 is 10.3 Å². The predicted molar refractivity (Wildman–Crippen MR) is 55.3 cm³/mol. The van der Waals surface area contributed by atoms with Gasteiger partial charge in [0, 0.05) is 12.4 Å². The topological polar surface area (TPSA) is 65.1 Å². The third kappa shape index (κ3) is 2.67. The summed E-state index contributed by atoms with van der Waals surface area (Å²) in [4.78, 5) is 21.8. The molecule has 1 aromatic rings. The normalized spacial score (nSPS) is 10.0. The van der Waals surface area contributed by atoms with Crippen molar-refractivity contribution in [3.63, 3.8) is 0 Å². The van der Waals surface area contributed by atoms with Crippen molar-refractivity contribution in [3.8, 4) is 0 Å². The molecule has 1 aromatic heterocycles. The lowest BCUT2D eigenvalue weighted by atomic mass is 10.4. The van der Waals surface area contributed by atoms with E-state index in [1.807, 2.05) is 0 Å². The number of primary amides is 1. The third-order valence-electron chi connectivity index (χ3n) is 1.33. The quantitative estimate of drug-likeness (QED) is 0.880. The van der Waals surface area contributed by atoms with E-state index >= 15 is 0 Å². The molecule has 70 valence electrons. The second kappa shape index (κ2) is 4.06. The van der Waals surface area contributed by atoms with Crippen LogP contribution in [0.15, 0.2) is 26.1 Å². The van der Waals surface area contributed by atoms with Gasteiger partial charge in [0.05, 0.1) is 8.95 Å². The Labute approximate surface area is 91.0 Å². The van der Waals surface area contributed by atoms with Crippen LogP contribution >= 0.6 is 31.9 Å². The fourth-order valence-electron chi connectivity index (χ4n) is 0.831. The van der Waals surface area contributed by atoms with Gasteiger partial charge in [-0.1, -0.05) is 0 Å². The Hall–Kier alpha value is -0.620. The molecule has 0 fully saturated rings. The van der Waals surface area contributed by atoms with Crippen molar-refractivity contribution < 1.29 is 4.79 Å². The predicted octanol–water partition coefficient (Wildman–Crippen LogP) is 0.859. The SMILES string of the molecule is NC(=O)Cn1cc(Br)c(=O)c(Br)c1. The van der Waals surface area contributed by atoms with Crippen LogP contribution in [0.3, 0.4) is 0 Å². The van der Waals surface area contributed by atoms with Crippen LogP contribution in [-0.4, -0.2) is 10.5 Å². The molecule has 0 aliphatic rings. The molecule has 0 aliphatic heterocycles. The van der Waals surface area contributed by atoms with E-state index in [1.165, 1.54) is 17.0 Å². The molecular weight excluding hydrogens is 304 g/mol. The highest BCUT2D eigenvalue weighted by molar-refractivity contribution is 9.11. The molecule has 0 aromatic carbocycles. The molecule has 0 saturated carbocycles. The molecule has 13 heavy (non-hydrogen) atoms. The van der Waals surface area contributed by atoms with Crippen LogP contribution in [0.2, 0.25) is 0 Å². The highest BCUT2D eigenvalue weighted by Gasteiger charge is 2.03. The zero-order chi connectivity index (χ0) is 10.0. The van der Waals surface area contributed by atoms with E-state index in [0.29, 0.717) is 8.95 Å². The molecule has 6 heteroatoms. The average molecular weight is 310 g/mol. The molecule has 0 saturated heterocycles. The number of hydrogen-bond acceptors (Lipinski definition) is 2. The van der Waals surface area contributed by atoms with E-state index in [2.05, 4.69) is 31.9 Å². The minimum absolute atomic E-state index is 0.0531. The van der Waals surface area contributed by atoms with Crippen LogP contribution < -0.4 is 11.2 Å². The molecule has 0 spiro atoms. The molecular formula is C7H6Br2N2O2. The van der Waals surface area contributed by atoms with Crippen molar-refractivity contribution in [3.05, 3.63) is 31.6 Å². The molecule has 1 heterocycles. The Bertz CT molecular complexity index is 374. The van der Waals surface area contributed by atoms with E-state index in [1.54, 1.807) is 0 Å². The third-order valence-corrected chi connectivity index (χ3v) is 2.46. The molecule has 0 unspecified atom stereocenters. The Morgan fingerprint density at radius 3 is 2.23 bits per heavy atom. The van der Waals surface area contributed by atoms with Gasteiger partial charge in [0.1, 0.15) is 6.54 Å². The summed E-state index contributed by atoms with van der Waals surface area (Å²) in [6.45, 7) is 0.0531. The lowest BCUT2D eigenvalue weighted by Gasteiger charge is -2.04. The first-order chi connectivity index (χ1) is 6.00. The van der Waals surface area contributed by atoms with E-state index < -0.39 is 5.91 Å². The number of aromatic nitrogens is 1. The molecule has 0 bridgehead atoms. The second-order valence-electron chi connectivity index (χ2n) is 2.42. The number of hydrogen-bond donors (Lipinski definition) is 1. The number of rotatable bonds is 2. The lowest BCUT2D eigenvalue weighted by molar-refractivity contribution is -0.118. The van der Waals surface area contributed by atoms with Gasteiger partial charge in [-0.3, -0.25) is 9.59 Å². The highest BCUT2D eigenvalue weighted by atomic mass is 79.9. The van der Waals surface area contributed by atoms with Crippen LogP contribution in [0.4, 0.5) is 0 Å². The van der Waals surface area contributed by atoms with Crippen LogP contribution in [0, 0.1) is 0 Å². The highest BCUT2D eigenvalue weighted by Crippen LogP contribution is 2.09. The van der Waals surface area contributed by atoms with Gasteiger partial charge in [-0.15, -0.1) is 0 Å². The Balaban J connectivity index is 3.13. The summed E-state index contributed by atoms with van der Waals surface area (Å²) in [5.41, 5.74) is 4.84. The molecule has 0 atom stereocenters. The van der Waals surface area contributed by atoms with E-state index in [4.69, 9.17) is 5.73 Å². The van der Waals surface area contributed by atoms with Crippen molar-refractivity contribution >= 4 is 37.8 Å². The number of carbonyl (C=O) groups is 1. The molecule has 0 radical (unpaired) electrons. The van der Waals surface area contributed by atoms with Gasteiger partial charge >= 0.3 is 0 Å². The zero-order valence-corrected chi connectivity index (χ0v) is 9.63. The number of halogens is 2. The maximum absolute atomic E-state index is 11.2. The fraction of sp³-hybridized carbons (Fsp3) is 0.143. The van der Waals surface area contributed by atoms with E-state index in [-0.39, 0.29) is 12.0 Å². The van der Waals surface area contributed by atoms with Crippen LogP contribution in [0.5, 0.6) is 0 Å². The number of pyridine rings is 1. The molecule has 1 rings (SSSR count). The minimum Gasteiger partial charge on any atom is -0.368 e. The first kappa shape index (κ1) is 10.5. The van der Waals surface area contributed by atoms with Crippen LogP contribution in [0.25, 0.3) is 0 Å². The van der Waals surface area contributed by atoms with E-state index in [9.17, 15) is 9.59 Å². The molecule has 0 aliphatic carbocycles. The molecule has 1 amide bonds. The summed E-state index contributed by atoms with van der Waals surface area (Å²) < 4.78 is 2.31. The minimum atomic E-state index is -0.456. The molecule has 2 N–H and O–H groups in total. The maximum Gasteiger partial charge on any atom is 0.237 e. The summed E-state index contributed by atoms with van der Waals surface area (Å²) in [5, 5.41) is 0. The van der Waals surface area contributed by atoms with Crippen molar-refractivity contribution in [2.75, 3.05) is 0 Å². The average Bonchev–Trinajstić information content (AvgIpc) is 1.98. The Morgan fingerprint density at radius 1 is 1.38 bits per heavy atom. The van der Waals surface area contributed by atoms with Gasteiger partial charge in [0.15, 0.2) is 0 Å². The van der Waals surface area contributed by atoms with Crippen molar-refractivity contribution in [2.45, 2.75) is 6.54 Å². The van der Waals surface area contributed by atoms with Gasteiger partial charge in [0.25, 0.3) is 0 Å². The number of carbonyl (C=O) groups excluding carboxylic acids is 1. The van der Waals surface area contributed by atoms with E-state index in [0.717, 1.165) is 0 Å². The standard InChI is InChI=1S/C7H6Br2N2O2/c8-4-1-11(3-6(10)12)2-5(9)7(4)13/h1-2H,3H2,(H2,10,12). The van der Waals surface area contributed by atoms with Gasteiger partial charge in [-0.2, -0.15) is 0 Å². The second-order valence-corrected chi connectivity index (χ2v) is 4.13. The molecule has 4 nitrogen and oxygen atoms in total. The van der Waals surface area contributed by atoms with Crippen LogP contribution in [-0.2, 0) is 11.3 Å². The van der Waals surface area contributed by atoms with Gasteiger partial charge in [0.2, 0.25) is 11.3 Å². The Morgan fingerprint density at radius 2 is 1.85 bits per heavy atom. The largest absolute Gasteiger partial charge is 0.368 e. The van der Waals surface area contributed by atoms with Crippen molar-refractivity contribution in [2.24, 2.45) is 5.73 Å². The van der Waals surface area contributed by atoms with Gasteiger partial charge in [-0.25, -0.2) is 0 Å². The maximum atomic E-state index is 11.2. The van der Waals surface area contributed by atoms with Crippen LogP contribution in [0.1, 0.15) is 0 Å². The summed E-state index contributed by atoms with van der Waals surface area (Å²) in [7, 11) is 0. The Kier molecular flexibility index (Phi) is 3.27. The summed E-state index contributed by atoms with van der Waals surface area (Å²) in [6.07, 6.45) is 3.02. The summed E-state index contributed by atoms with van der Waals surface area (Å²) >= 11 is 6.14. The number of nitrogens with two attached hydrogens (primary N) is 1. The van der Waals surface area contributed by atoms with Crippen molar-refractivity contribution in [1.82, 2.24) is 4.57 Å². The van der Waals surface area contributed by atoms with Crippen molar-refractivity contribution in [1.29, 1.82) is 0 Å². The first-order valence-corrected chi connectivity index (χ1v) is 4.92. The smallest absolute Gasteiger partial charge is 0.237 e. The van der Waals surface area contributed by atoms with Gasteiger partial charge in [-0.05, 0) is 31.9 Å². The monoisotopic (exact) mass is 308 g/mol.